The molecule has 3 rings (SSSR count). The fraction of sp³-hybridized carbons (Fsp3) is 0.167. The van der Waals surface area contributed by atoms with E-state index >= 15 is 0 Å². The van der Waals surface area contributed by atoms with Crippen molar-refractivity contribution in [1.29, 1.82) is 0 Å². The molecule has 0 N–H and O–H groups in total. The molecule has 0 spiro atoms. The minimum absolute atomic E-state index is 0.0850. The van der Waals surface area contributed by atoms with Gasteiger partial charge in [0.05, 0.1) is 16.8 Å². The van der Waals surface area contributed by atoms with Crippen molar-refractivity contribution in [3.05, 3.63) is 66.1 Å². The molecule has 0 saturated carbocycles. The number of nitrogens with zero attached hydrogens (tertiary/aromatic N) is 4. The van der Waals surface area contributed by atoms with Crippen LogP contribution in [0.5, 0.6) is 0 Å². The molecule has 0 aliphatic heterocycles. The molecular weight excluding hydrogens is 288 g/mol. The van der Waals surface area contributed by atoms with E-state index in [1.165, 1.54) is 0 Å². The number of carbonyl (C=O) groups is 1. The lowest BCUT2D eigenvalue weighted by Gasteiger charge is -2.04. The predicted octanol–water partition coefficient (Wildman–Crippen LogP) is 2.96. The van der Waals surface area contributed by atoms with E-state index in [1.54, 1.807) is 16.8 Å². The molecule has 0 bridgehead atoms. The molecule has 0 aliphatic rings. The number of rotatable bonds is 4. The highest BCUT2D eigenvalue weighted by Gasteiger charge is 2.20. The minimum atomic E-state index is -0.0850. The van der Waals surface area contributed by atoms with Gasteiger partial charge in [0.1, 0.15) is 5.69 Å². The van der Waals surface area contributed by atoms with E-state index in [0.717, 1.165) is 11.2 Å². The number of ketones is 1. The van der Waals surface area contributed by atoms with Crippen LogP contribution >= 0.6 is 0 Å². The van der Waals surface area contributed by atoms with Crippen LogP contribution in [0.15, 0.2) is 54.9 Å². The Morgan fingerprint density at radius 1 is 1.17 bits per heavy atom. The number of aryl methyl sites for hydroxylation is 1. The normalized spacial score (nSPS) is 11.3. The molecule has 23 heavy (non-hydrogen) atoms. The summed E-state index contributed by atoms with van der Waals surface area (Å²) in [4.78, 5) is 19.1. The van der Waals surface area contributed by atoms with E-state index < -0.39 is 0 Å². The number of aromatic nitrogens is 3. The van der Waals surface area contributed by atoms with Gasteiger partial charge < -0.3 is 4.90 Å². The zero-order chi connectivity index (χ0) is 16.4. The van der Waals surface area contributed by atoms with Crippen molar-refractivity contribution in [3.63, 3.8) is 0 Å². The van der Waals surface area contributed by atoms with Gasteiger partial charge in [-0.2, -0.15) is 5.10 Å². The highest BCUT2D eigenvalue weighted by Crippen LogP contribution is 2.25. The van der Waals surface area contributed by atoms with Crippen molar-refractivity contribution in [1.82, 2.24) is 19.5 Å². The maximum absolute atomic E-state index is 12.7. The van der Waals surface area contributed by atoms with Gasteiger partial charge in [-0.1, -0.05) is 12.1 Å². The SMILES string of the molecule is Cc1cccc(-c2nn3ccccc3c2C(=O)C=CN(C)C)n1. The number of hydrogen-bond acceptors (Lipinski definition) is 4. The van der Waals surface area contributed by atoms with Gasteiger partial charge in [0, 0.05) is 38.3 Å². The standard InChI is InChI=1S/C18H18N4O/c1-13-7-6-8-14(19-13)18-17(16(23)10-12-21(2)3)15-9-4-5-11-22(15)20-18/h4-12H,1-3H3. The maximum atomic E-state index is 12.7. The summed E-state index contributed by atoms with van der Waals surface area (Å²) in [5.74, 6) is -0.0850. The Hall–Kier alpha value is -2.95. The van der Waals surface area contributed by atoms with Gasteiger partial charge in [-0.25, -0.2) is 4.52 Å². The van der Waals surface area contributed by atoms with Gasteiger partial charge in [-0.05, 0) is 31.2 Å². The maximum Gasteiger partial charge on any atom is 0.191 e. The third kappa shape index (κ3) is 2.99. The van der Waals surface area contributed by atoms with Crippen molar-refractivity contribution >= 4 is 11.3 Å². The third-order valence-electron chi connectivity index (χ3n) is 3.44. The first-order valence-electron chi connectivity index (χ1n) is 7.36. The molecule has 0 radical (unpaired) electrons. The fourth-order valence-electron chi connectivity index (χ4n) is 2.40. The van der Waals surface area contributed by atoms with E-state index in [0.29, 0.717) is 17.0 Å². The molecule has 0 fully saturated rings. The van der Waals surface area contributed by atoms with E-state index in [2.05, 4.69) is 10.1 Å². The summed E-state index contributed by atoms with van der Waals surface area (Å²) in [6.07, 6.45) is 5.13. The second kappa shape index (κ2) is 6.04. The summed E-state index contributed by atoms with van der Waals surface area (Å²) in [6.45, 7) is 1.92. The molecule has 0 atom stereocenters. The van der Waals surface area contributed by atoms with Gasteiger partial charge in [0.15, 0.2) is 5.78 Å². The first-order chi connectivity index (χ1) is 11.1. The van der Waals surface area contributed by atoms with Gasteiger partial charge in [0.25, 0.3) is 0 Å². The Balaban J connectivity index is 2.21. The second-order valence-corrected chi connectivity index (χ2v) is 5.56. The monoisotopic (exact) mass is 306 g/mol. The first kappa shape index (κ1) is 15.0. The van der Waals surface area contributed by atoms with Gasteiger partial charge in [-0.15, -0.1) is 0 Å². The van der Waals surface area contributed by atoms with Crippen LogP contribution in [0.1, 0.15) is 16.1 Å². The summed E-state index contributed by atoms with van der Waals surface area (Å²) in [5.41, 5.74) is 3.55. The smallest absolute Gasteiger partial charge is 0.191 e. The van der Waals surface area contributed by atoms with E-state index in [-0.39, 0.29) is 5.78 Å². The van der Waals surface area contributed by atoms with Crippen molar-refractivity contribution in [3.8, 4) is 11.4 Å². The van der Waals surface area contributed by atoms with Crippen molar-refractivity contribution in [2.24, 2.45) is 0 Å². The predicted molar refractivity (Wildman–Crippen MR) is 90.3 cm³/mol. The van der Waals surface area contributed by atoms with E-state index in [4.69, 9.17) is 0 Å². The molecule has 3 aromatic rings. The second-order valence-electron chi connectivity index (χ2n) is 5.56. The Labute approximate surface area is 134 Å². The first-order valence-corrected chi connectivity index (χ1v) is 7.36. The highest BCUT2D eigenvalue weighted by atomic mass is 16.1. The van der Waals surface area contributed by atoms with Gasteiger partial charge >= 0.3 is 0 Å². The van der Waals surface area contributed by atoms with Gasteiger partial charge in [-0.3, -0.25) is 9.78 Å². The van der Waals surface area contributed by atoms with Crippen LogP contribution in [0.3, 0.4) is 0 Å². The van der Waals surface area contributed by atoms with E-state index in [9.17, 15) is 4.79 Å². The largest absolute Gasteiger partial charge is 0.383 e. The quantitative estimate of drug-likeness (QED) is 0.549. The highest BCUT2D eigenvalue weighted by molar-refractivity contribution is 6.13. The lowest BCUT2D eigenvalue weighted by Crippen LogP contribution is -2.04. The average molecular weight is 306 g/mol. The third-order valence-corrected chi connectivity index (χ3v) is 3.44. The molecule has 116 valence electrons. The number of allylic oxidation sites excluding steroid dienone is 1. The minimum Gasteiger partial charge on any atom is -0.383 e. The van der Waals surface area contributed by atoms with Crippen LogP contribution < -0.4 is 0 Å². The molecule has 0 saturated heterocycles. The van der Waals surface area contributed by atoms with Crippen LogP contribution in [-0.4, -0.2) is 39.4 Å². The lowest BCUT2D eigenvalue weighted by molar-refractivity contribution is 0.104. The Morgan fingerprint density at radius 3 is 2.74 bits per heavy atom. The summed E-state index contributed by atoms with van der Waals surface area (Å²) in [5, 5.41) is 4.56. The summed E-state index contributed by atoms with van der Waals surface area (Å²) in [6, 6.07) is 11.4. The van der Waals surface area contributed by atoms with Crippen LogP contribution in [0.4, 0.5) is 0 Å². The number of carbonyl (C=O) groups excluding carboxylic acids is 1. The average Bonchev–Trinajstić information content (AvgIpc) is 2.92. The number of fused-ring (bicyclic) bond motifs is 1. The molecule has 0 aromatic carbocycles. The summed E-state index contributed by atoms with van der Waals surface area (Å²) >= 11 is 0. The van der Waals surface area contributed by atoms with E-state index in [1.807, 2.05) is 68.5 Å². The van der Waals surface area contributed by atoms with Crippen molar-refractivity contribution < 1.29 is 4.79 Å². The molecule has 0 unspecified atom stereocenters. The zero-order valence-corrected chi connectivity index (χ0v) is 13.4. The van der Waals surface area contributed by atoms with Crippen molar-refractivity contribution in [2.75, 3.05) is 14.1 Å². The molecule has 5 heteroatoms. The molecule has 0 amide bonds. The zero-order valence-electron chi connectivity index (χ0n) is 13.4. The van der Waals surface area contributed by atoms with Crippen LogP contribution in [-0.2, 0) is 0 Å². The topological polar surface area (TPSA) is 50.5 Å². The molecule has 3 aromatic heterocycles. The summed E-state index contributed by atoms with van der Waals surface area (Å²) in [7, 11) is 3.76. The number of hydrogen-bond donors (Lipinski definition) is 0. The molecular formula is C18H18N4O. The number of pyridine rings is 2. The van der Waals surface area contributed by atoms with Crippen LogP contribution in [0, 0.1) is 6.92 Å². The Morgan fingerprint density at radius 2 is 2.00 bits per heavy atom. The summed E-state index contributed by atoms with van der Waals surface area (Å²) < 4.78 is 1.72. The molecule has 0 aliphatic carbocycles. The molecule has 3 heterocycles. The fourth-order valence-corrected chi connectivity index (χ4v) is 2.40. The van der Waals surface area contributed by atoms with Crippen LogP contribution in [0.25, 0.3) is 16.9 Å². The van der Waals surface area contributed by atoms with Crippen LogP contribution in [0.2, 0.25) is 0 Å². The molecule has 5 nitrogen and oxygen atoms in total. The van der Waals surface area contributed by atoms with Gasteiger partial charge in [0.2, 0.25) is 0 Å². The lowest BCUT2D eigenvalue weighted by atomic mass is 10.1. The Kier molecular flexibility index (Phi) is 3.93. The van der Waals surface area contributed by atoms with Crippen molar-refractivity contribution in [2.45, 2.75) is 6.92 Å². The Bertz CT molecular complexity index is 893.